The molecule has 0 saturated heterocycles. The van der Waals surface area contributed by atoms with Gasteiger partial charge in [-0.2, -0.15) is 0 Å². The highest BCUT2D eigenvalue weighted by molar-refractivity contribution is 5.71. The molecule has 4 N–H and O–H groups in total. The summed E-state index contributed by atoms with van der Waals surface area (Å²) in [5, 5.41) is 17.2. The molecule has 0 amide bonds. The molecule has 0 unspecified atom stereocenters. The normalized spacial score (nSPS) is 20.0. The van der Waals surface area contributed by atoms with Crippen LogP contribution < -0.4 is 11.1 Å². The number of rotatable bonds is 5. The maximum Gasteiger partial charge on any atom is 0.172 e. The van der Waals surface area contributed by atoms with Gasteiger partial charge in [0.05, 0.1) is 18.1 Å². The van der Waals surface area contributed by atoms with Crippen molar-refractivity contribution in [3.05, 3.63) is 48.0 Å². The van der Waals surface area contributed by atoms with Gasteiger partial charge in [-0.15, -0.1) is 5.10 Å². The van der Waals surface area contributed by atoms with E-state index >= 15 is 0 Å². The van der Waals surface area contributed by atoms with Crippen molar-refractivity contribution in [2.75, 3.05) is 5.32 Å². The summed E-state index contributed by atoms with van der Waals surface area (Å²) in [5.74, 6) is 1.42. The molecular weight excluding hydrogens is 340 g/mol. The lowest BCUT2D eigenvalue weighted by Crippen LogP contribution is -2.33. The van der Waals surface area contributed by atoms with Gasteiger partial charge in [0.15, 0.2) is 5.82 Å². The third kappa shape index (κ3) is 4.53. The van der Waals surface area contributed by atoms with E-state index in [0.29, 0.717) is 17.9 Å². The van der Waals surface area contributed by atoms with Crippen LogP contribution in [0.25, 0.3) is 23.4 Å². The van der Waals surface area contributed by atoms with Crippen LogP contribution in [0.3, 0.4) is 0 Å². The standard InChI is InChI=1S/C19H22N8/c20-15-5-7-16(8-6-15)22-19-12-21-11-17(23-19)14-3-1-2-13(10-14)4-9-18-24-26-27-25-18/h1-4,9-12,15-16H,5-8,20H2,(H,22,23)(H,24,25,26,27)/b9-4+/t15-,16-. The van der Waals surface area contributed by atoms with E-state index in [1.807, 2.05) is 30.4 Å². The number of hydrogen-bond acceptors (Lipinski definition) is 7. The predicted molar refractivity (Wildman–Crippen MR) is 104 cm³/mol. The molecule has 0 radical (unpaired) electrons. The van der Waals surface area contributed by atoms with Crippen LogP contribution in [0, 0.1) is 0 Å². The lowest BCUT2D eigenvalue weighted by atomic mass is 9.92. The highest BCUT2D eigenvalue weighted by atomic mass is 15.5. The first-order chi connectivity index (χ1) is 13.3. The van der Waals surface area contributed by atoms with E-state index in [2.05, 4.69) is 37.0 Å². The molecule has 0 aliphatic heterocycles. The van der Waals surface area contributed by atoms with Crippen molar-refractivity contribution in [3.63, 3.8) is 0 Å². The van der Waals surface area contributed by atoms with E-state index < -0.39 is 0 Å². The molecule has 1 saturated carbocycles. The minimum atomic E-state index is 0.337. The summed E-state index contributed by atoms with van der Waals surface area (Å²) in [6, 6.07) is 8.86. The molecule has 1 aliphatic rings. The van der Waals surface area contributed by atoms with Crippen molar-refractivity contribution in [3.8, 4) is 11.3 Å². The second-order valence-corrected chi connectivity index (χ2v) is 6.79. The minimum Gasteiger partial charge on any atom is -0.366 e. The van der Waals surface area contributed by atoms with Crippen molar-refractivity contribution in [2.45, 2.75) is 37.8 Å². The molecule has 1 aromatic carbocycles. The predicted octanol–water partition coefficient (Wildman–Crippen LogP) is 2.51. The Kier molecular flexibility index (Phi) is 5.15. The van der Waals surface area contributed by atoms with Gasteiger partial charge in [-0.05, 0) is 53.8 Å². The molecule has 27 heavy (non-hydrogen) atoms. The van der Waals surface area contributed by atoms with E-state index in [-0.39, 0.29) is 0 Å². The molecular formula is C19H22N8. The number of nitrogens with one attached hydrogen (secondary N) is 2. The van der Waals surface area contributed by atoms with Crippen molar-refractivity contribution < 1.29 is 0 Å². The molecule has 0 atom stereocenters. The average Bonchev–Trinajstić information content (AvgIpc) is 3.22. The Morgan fingerprint density at radius 3 is 2.81 bits per heavy atom. The summed E-state index contributed by atoms with van der Waals surface area (Å²) < 4.78 is 0. The van der Waals surface area contributed by atoms with Crippen LogP contribution in [0.2, 0.25) is 0 Å². The Balaban J connectivity index is 1.49. The van der Waals surface area contributed by atoms with Crippen molar-refractivity contribution in [2.24, 2.45) is 5.73 Å². The molecule has 2 heterocycles. The molecule has 4 rings (SSSR count). The Labute approximate surface area is 157 Å². The van der Waals surface area contributed by atoms with Crippen molar-refractivity contribution >= 4 is 18.0 Å². The van der Waals surface area contributed by atoms with Crippen LogP contribution in [0.1, 0.15) is 37.1 Å². The minimum absolute atomic E-state index is 0.337. The van der Waals surface area contributed by atoms with Crippen LogP contribution in [-0.2, 0) is 0 Å². The van der Waals surface area contributed by atoms with Gasteiger partial charge in [-0.3, -0.25) is 4.98 Å². The number of hydrogen-bond donors (Lipinski definition) is 3. The second kappa shape index (κ2) is 8.05. The summed E-state index contributed by atoms with van der Waals surface area (Å²) in [7, 11) is 0. The lowest BCUT2D eigenvalue weighted by Gasteiger charge is -2.27. The van der Waals surface area contributed by atoms with Gasteiger partial charge >= 0.3 is 0 Å². The smallest absolute Gasteiger partial charge is 0.172 e. The largest absolute Gasteiger partial charge is 0.366 e. The topological polar surface area (TPSA) is 118 Å². The summed E-state index contributed by atoms with van der Waals surface area (Å²) in [5.41, 5.74) is 8.86. The maximum atomic E-state index is 5.99. The number of benzene rings is 1. The van der Waals surface area contributed by atoms with Crippen LogP contribution >= 0.6 is 0 Å². The Morgan fingerprint density at radius 1 is 1.11 bits per heavy atom. The zero-order chi connectivity index (χ0) is 18.5. The van der Waals surface area contributed by atoms with E-state index in [0.717, 1.165) is 48.3 Å². The third-order valence-corrected chi connectivity index (χ3v) is 4.74. The Bertz CT molecular complexity index is 898. The van der Waals surface area contributed by atoms with Crippen LogP contribution in [-0.4, -0.2) is 42.7 Å². The number of aromatic nitrogens is 6. The maximum absolute atomic E-state index is 5.99. The summed E-state index contributed by atoms with van der Waals surface area (Å²) in [4.78, 5) is 9.10. The quantitative estimate of drug-likeness (QED) is 0.638. The van der Waals surface area contributed by atoms with Crippen molar-refractivity contribution in [1.82, 2.24) is 30.6 Å². The highest BCUT2D eigenvalue weighted by Gasteiger charge is 2.18. The molecule has 1 fully saturated rings. The fourth-order valence-corrected chi connectivity index (χ4v) is 3.26. The number of nitrogens with zero attached hydrogens (tertiary/aromatic N) is 5. The molecule has 1 aliphatic carbocycles. The number of nitrogens with two attached hydrogens (primary N) is 1. The summed E-state index contributed by atoms with van der Waals surface area (Å²) in [6.45, 7) is 0. The first-order valence-electron chi connectivity index (χ1n) is 9.13. The summed E-state index contributed by atoms with van der Waals surface area (Å²) in [6.07, 6.45) is 11.6. The average molecular weight is 362 g/mol. The molecule has 8 nitrogen and oxygen atoms in total. The SMILES string of the molecule is N[C@H]1CC[C@H](Nc2cncc(-c3cccc(/C=C/c4nnn[nH]4)c3)n2)CC1. The zero-order valence-corrected chi connectivity index (χ0v) is 14.9. The number of tetrazole rings is 1. The Morgan fingerprint density at radius 2 is 2.00 bits per heavy atom. The lowest BCUT2D eigenvalue weighted by molar-refractivity contribution is 0.410. The Hall–Kier alpha value is -3.13. The van der Waals surface area contributed by atoms with Gasteiger partial charge in [0.2, 0.25) is 0 Å². The van der Waals surface area contributed by atoms with Crippen LogP contribution in [0.15, 0.2) is 36.7 Å². The molecule has 138 valence electrons. The van der Waals surface area contributed by atoms with Gasteiger partial charge < -0.3 is 11.1 Å². The van der Waals surface area contributed by atoms with Gasteiger partial charge in [-0.25, -0.2) is 10.1 Å². The molecule has 3 aromatic rings. The zero-order valence-electron chi connectivity index (χ0n) is 14.9. The van der Waals surface area contributed by atoms with E-state index in [4.69, 9.17) is 10.7 Å². The first kappa shape index (κ1) is 17.3. The van der Waals surface area contributed by atoms with Crippen molar-refractivity contribution in [1.29, 1.82) is 0 Å². The molecule has 0 spiro atoms. The number of aromatic amines is 1. The third-order valence-electron chi connectivity index (χ3n) is 4.74. The van der Waals surface area contributed by atoms with E-state index in [9.17, 15) is 0 Å². The fraction of sp³-hybridized carbons (Fsp3) is 0.316. The second-order valence-electron chi connectivity index (χ2n) is 6.79. The van der Waals surface area contributed by atoms with Gasteiger partial charge in [0.1, 0.15) is 5.82 Å². The summed E-state index contributed by atoms with van der Waals surface area (Å²) >= 11 is 0. The molecule has 2 aromatic heterocycles. The van der Waals surface area contributed by atoms with Crippen LogP contribution in [0.5, 0.6) is 0 Å². The highest BCUT2D eigenvalue weighted by Crippen LogP contribution is 2.23. The first-order valence-corrected chi connectivity index (χ1v) is 9.13. The molecule has 0 bridgehead atoms. The number of H-pyrrole nitrogens is 1. The van der Waals surface area contributed by atoms with Gasteiger partial charge in [0.25, 0.3) is 0 Å². The van der Waals surface area contributed by atoms with Crippen LogP contribution in [0.4, 0.5) is 5.82 Å². The fourth-order valence-electron chi connectivity index (χ4n) is 3.26. The van der Waals surface area contributed by atoms with Gasteiger partial charge in [0, 0.05) is 17.6 Å². The monoisotopic (exact) mass is 362 g/mol. The van der Waals surface area contributed by atoms with E-state index in [1.165, 1.54) is 0 Å². The number of anilines is 1. The van der Waals surface area contributed by atoms with E-state index in [1.54, 1.807) is 12.4 Å². The van der Waals surface area contributed by atoms with Gasteiger partial charge in [-0.1, -0.05) is 24.3 Å². The molecule has 8 heteroatoms.